The van der Waals surface area contributed by atoms with Gasteiger partial charge in [0.1, 0.15) is 0 Å². The minimum absolute atomic E-state index is 0.216. The van der Waals surface area contributed by atoms with E-state index < -0.39 is 9.84 Å². The fraction of sp³-hybridized carbons (Fsp3) is 0.450. The highest BCUT2D eigenvalue weighted by Gasteiger charge is 2.27. The third kappa shape index (κ3) is 3.35. The van der Waals surface area contributed by atoms with Gasteiger partial charge in [-0.05, 0) is 43.7 Å². The molecule has 0 aliphatic heterocycles. The van der Waals surface area contributed by atoms with Crippen LogP contribution in [0.25, 0.3) is 10.2 Å². The predicted octanol–water partition coefficient (Wildman–Crippen LogP) is 6.53. The number of aryl methyl sites for hydroxylation is 1. The molecule has 1 aromatic carbocycles. The highest BCUT2D eigenvalue weighted by Crippen LogP contribution is 2.45. The molecule has 0 spiro atoms. The molecule has 3 aromatic rings. The summed E-state index contributed by atoms with van der Waals surface area (Å²) < 4.78 is 27.4. The number of sulfone groups is 1. The topological polar surface area (TPSA) is 47.0 Å². The molecular formula is C20H25NO2S3. The SMILES string of the molecule is CCC(C)c1sc(C(C)CC)c2sc(S(=O)(=O)c3ccc(C)cc3)nc12. The van der Waals surface area contributed by atoms with E-state index >= 15 is 0 Å². The first kappa shape index (κ1) is 19.5. The molecule has 3 rings (SSSR count). The number of nitrogens with zero attached hydrogens (tertiary/aromatic N) is 1. The second-order valence-corrected chi connectivity index (χ2v) is 11.1. The van der Waals surface area contributed by atoms with E-state index in [0.717, 1.165) is 28.6 Å². The number of rotatable bonds is 6. The summed E-state index contributed by atoms with van der Waals surface area (Å²) in [5.74, 6) is 0.799. The zero-order valence-corrected chi connectivity index (χ0v) is 18.3. The van der Waals surface area contributed by atoms with E-state index in [9.17, 15) is 8.42 Å². The van der Waals surface area contributed by atoms with Crippen LogP contribution in [0.1, 0.15) is 67.7 Å². The van der Waals surface area contributed by atoms with Crippen LogP contribution in [-0.2, 0) is 9.84 Å². The smallest absolute Gasteiger partial charge is 0.224 e. The van der Waals surface area contributed by atoms with Gasteiger partial charge in [-0.3, -0.25) is 0 Å². The molecule has 2 aromatic heterocycles. The van der Waals surface area contributed by atoms with Crippen molar-refractivity contribution in [3.05, 3.63) is 39.6 Å². The second-order valence-electron chi connectivity index (χ2n) is 6.92. The maximum Gasteiger partial charge on any atom is 0.233 e. The van der Waals surface area contributed by atoms with Gasteiger partial charge in [-0.15, -0.1) is 22.7 Å². The molecule has 0 bridgehead atoms. The van der Waals surface area contributed by atoms with E-state index in [1.807, 2.05) is 30.4 Å². The van der Waals surface area contributed by atoms with E-state index in [0.29, 0.717) is 16.7 Å². The number of aromatic nitrogens is 1. The highest BCUT2D eigenvalue weighted by atomic mass is 32.2. The van der Waals surface area contributed by atoms with E-state index in [4.69, 9.17) is 0 Å². The van der Waals surface area contributed by atoms with Crippen molar-refractivity contribution in [3.8, 4) is 0 Å². The number of thiazole rings is 1. The Morgan fingerprint density at radius 1 is 0.962 bits per heavy atom. The van der Waals surface area contributed by atoms with Crippen molar-refractivity contribution in [2.24, 2.45) is 0 Å². The highest BCUT2D eigenvalue weighted by molar-refractivity contribution is 7.93. The van der Waals surface area contributed by atoms with Crippen LogP contribution < -0.4 is 0 Å². The molecule has 140 valence electrons. The van der Waals surface area contributed by atoms with Crippen LogP contribution >= 0.6 is 22.7 Å². The Balaban J connectivity index is 2.19. The summed E-state index contributed by atoms with van der Waals surface area (Å²) >= 11 is 3.15. The van der Waals surface area contributed by atoms with Gasteiger partial charge in [-0.2, -0.15) is 0 Å². The molecule has 26 heavy (non-hydrogen) atoms. The van der Waals surface area contributed by atoms with Crippen LogP contribution in [0.3, 0.4) is 0 Å². The van der Waals surface area contributed by atoms with Crippen molar-refractivity contribution in [2.75, 3.05) is 0 Å². The summed E-state index contributed by atoms with van der Waals surface area (Å²) in [5.41, 5.74) is 1.94. The Labute approximate surface area is 164 Å². The minimum atomic E-state index is -3.57. The fourth-order valence-corrected chi connectivity index (χ4v) is 7.28. The Kier molecular flexibility index (Phi) is 5.56. The van der Waals surface area contributed by atoms with E-state index in [1.54, 1.807) is 12.1 Å². The first-order valence-corrected chi connectivity index (χ1v) is 12.2. The molecule has 0 aliphatic rings. The molecule has 3 nitrogen and oxygen atoms in total. The first-order valence-electron chi connectivity index (χ1n) is 9.04. The van der Waals surface area contributed by atoms with Gasteiger partial charge in [0.05, 0.1) is 15.1 Å². The van der Waals surface area contributed by atoms with Gasteiger partial charge in [0, 0.05) is 9.75 Å². The average molecular weight is 408 g/mol. The molecule has 0 aliphatic carbocycles. The average Bonchev–Trinajstić information content (AvgIpc) is 3.20. The van der Waals surface area contributed by atoms with Crippen molar-refractivity contribution in [3.63, 3.8) is 0 Å². The van der Waals surface area contributed by atoms with Gasteiger partial charge >= 0.3 is 0 Å². The third-order valence-electron chi connectivity index (χ3n) is 4.97. The van der Waals surface area contributed by atoms with Crippen molar-refractivity contribution >= 4 is 42.7 Å². The zero-order valence-electron chi connectivity index (χ0n) is 15.9. The molecular weight excluding hydrogens is 382 g/mol. The van der Waals surface area contributed by atoms with Crippen molar-refractivity contribution < 1.29 is 8.42 Å². The molecule has 0 radical (unpaired) electrons. The lowest BCUT2D eigenvalue weighted by Crippen LogP contribution is -2.01. The molecule has 6 heteroatoms. The van der Waals surface area contributed by atoms with Crippen LogP contribution in [-0.4, -0.2) is 13.4 Å². The Hall–Kier alpha value is -1.24. The molecule has 0 fully saturated rings. The number of thiophene rings is 1. The number of hydrogen-bond acceptors (Lipinski definition) is 5. The van der Waals surface area contributed by atoms with Crippen LogP contribution in [0.4, 0.5) is 0 Å². The first-order chi connectivity index (χ1) is 12.3. The van der Waals surface area contributed by atoms with Crippen LogP contribution in [0, 0.1) is 6.92 Å². The summed E-state index contributed by atoms with van der Waals surface area (Å²) in [6.45, 7) is 10.7. The van der Waals surface area contributed by atoms with Crippen LogP contribution in [0.15, 0.2) is 33.5 Å². The van der Waals surface area contributed by atoms with Gasteiger partial charge in [-0.25, -0.2) is 13.4 Å². The lowest BCUT2D eigenvalue weighted by atomic mass is 10.1. The van der Waals surface area contributed by atoms with E-state index in [1.165, 1.54) is 21.1 Å². The molecule has 2 heterocycles. The summed E-state index contributed by atoms with van der Waals surface area (Å²) in [4.78, 5) is 7.45. The summed E-state index contributed by atoms with van der Waals surface area (Å²) in [7, 11) is -3.57. The lowest BCUT2D eigenvalue weighted by molar-refractivity contribution is 0.595. The van der Waals surface area contributed by atoms with E-state index in [2.05, 4.69) is 32.7 Å². The normalized spacial score (nSPS) is 14.7. The summed E-state index contributed by atoms with van der Waals surface area (Å²) in [6, 6.07) is 7.00. The standard InChI is InChI=1S/C20H25NO2S3/c1-6-13(4)17-16-19(18(24-17)14(5)7-2)25-20(21-16)26(22,23)15-10-8-12(3)9-11-15/h8-11,13-14H,6-7H2,1-5H3. The lowest BCUT2D eigenvalue weighted by Gasteiger charge is -2.07. The van der Waals surface area contributed by atoms with Crippen LogP contribution in [0.2, 0.25) is 0 Å². The maximum absolute atomic E-state index is 13.1. The molecule has 2 atom stereocenters. The largest absolute Gasteiger partial charge is 0.233 e. The summed E-state index contributed by atoms with van der Waals surface area (Å²) in [5, 5.41) is 0. The number of fused-ring (bicyclic) bond motifs is 1. The summed E-state index contributed by atoms with van der Waals surface area (Å²) in [6.07, 6.45) is 2.06. The quantitative estimate of drug-likeness (QED) is 0.467. The monoisotopic (exact) mass is 407 g/mol. The third-order valence-corrected chi connectivity index (χ3v) is 9.97. The van der Waals surface area contributed by atoms with Gasteiger partial charge < -0.3 is 0 Å². The molecule has 0 amide bonds. The molecule has 0 N–H and O–H groups in total. The Morgan fingerprint density at radius 2 is 1.54 bits per heavy atom. The minimum Gasteiger partial charge on any atom is -0.224 e. The second kappa shape index (κ2) is 7.41. The fourth-order valence-electron chi connectivity index (χ4n) is 2.81. The van der Waals surface area contributed by atoms with Gasteiger partial charge in [-0.1, -0.05) is 45.4 Å². The van der Waals surface area contributed by atoms with Crippen molar-refractivity contribution in [1.82, 2.24) is 4.98 Å². The van der Waals surface area contributed by atoms with Crippen LogP contribution in [0.5, 0.6) is 0 Å². The van der Waals surface area contributed by atoms with E-state index in [-0.39, 0.29) is 4.34 Å². The van der Waals surface area contributed by atoms with Gasteiger partial charge in [0.15, 0.2) is 0 Å². The Bertz CT molecular complexity index is 971. The van der Waals surface area contributed by atoms with Crippen molar-refractivity contribution in [1.29, 1.82) is 0 Å². The van der Waals surface area contributed by atoms with Gasteiger partial charge in [0.2, 0.25) is 14.2 Å². The van der Waals surface area contributed by atoms with Gasteiger partial charge in [0.25, 0.3) is 0 Å². The molecule has 0 saturated carbocycles. The maximum atomic E-state index is 13.1. The number of benzene rings is 1. The predicted molar refractivity (Wildman–Crippen MR) is 112 cm³/mol. The zero-order chi connectivity index (χ0) is 19.1. The van der Waals surface area contributed by atoms with Crippen molar-refractivity contribution in [2.45, 2.75) is 68.5 Å². The molecule has 2 unspecified atom stereocenters. The molecule has 0 saturated heterocycles. The Morgan fingerprint density at radius 3 is 2.12 bits per heavy atom. The number of hydrogen-bond donors (Lipinski definition) is 0.